The van der Waals surface area contributed by atoms with Crippen LogP contribution in [-0.4, -0.2) is 5.91 Å². The summed E-state index contributed by atoms with van der Waals surface area (Å²) in [6.07, 6.45) is 2.18. The molecule has 1 aromatic rings. The predicted molar refractivity (Wildman–Crippen MR) is 57.8 cm³/mol. The first kappa shape index (κ1) is 10.5. The number of benzene rings is 1. The van der Waals surface area contributed by atoms with Gasteiger partial charge in [0.05, 0.1) is 6.04 Å². The number of rotatable bonds is 4. The normalized spacial score (nSPS) is 11.8. The molecule has 0 aliphatic carbocycles. The molecule has 0 aromatic heterocycles. The lowest BCUT2D eigenvalue weighted by Gasteiger charge is -2.15. The molecule has 0 saturated heterocycles. The number of amides is 1. The molecule has 0 fully saturated rings. The lowest BCUT2D eigenvalue weighted by Crippen LogP contribution is -2.26. The van der Waals surface area contributed by atoms with Crippen molar-refractivity contribution >= 4 is 5.91 Å². The third-order valence-corrected chi connectivity index (χ3v) is 2.11. The van der Waals surface area contributed by atoms with Crippen molar-refractivity contribution in [3.05, 3.63) is 48.6 Å². The Hall–Kier alpha value is -1.57. The topological polar surface area (TPSA) is 29.1 Å². The molecule has 1 amide bonds. The third kappa shape index (κ3) is 2.73. The zero-order valence-electron chi connectivity index (χ0n) is 8.36. The first-order chi connectivity index (χ1) is 6.77. The van der Waals surface area contributed by atoms with Gasteiger partial charge in [-0.05, 0) is 18.1 Å². The summed E-state index contributed by atoms with van der Waals surface area (Å²) in [6, 6.07) is 10.0. The second kappa shape index (κ2) is 5.22. The van der Waals surface area contributed by atoms with Crippen LogP contribution in [-0.2, 0) is 4.79 Å². The highest BCUT2D eigenvalue weighted by Crippen LogP contribution is 2.15. The maximum atomic E-state index is 11.1. The van der Waals surface area contributed by atoms with E-state index in [1.54, 1.807) is 0 Å². The van der Waals surface area contributed by atoms with E-state index in [1.807, 2.05) is 37.3 Å². The smallest absolute Gasteiger partial charge is 0.243 e. The van der Waals surface area contributed by atoms with Gasteiger partial charge in [-0.1, -0.05) is 43.8 Å². The molecule has 1 rings (SSSR count). The molecule has 1 unspecified atom stereocenters. The van der Waals surface area contributed by atoms with Crippen molar-refractivity contribution in [1.29, 1.82) is 0 Å². The van der Waals surface area contributed by atoms with Crippen LogP contribution in [0.5, 0.6) is 0 Å². The molecule has 1 aromatic carbocycles. The highest BCUT2D eigenvalue weighted by molar-refractivity contribution is 5.87. The van der Waals surface area contributed by atoms with Crippen LogP contribution in [0.25, 0.3) is 0 Å². The minimum absolute atomic E-state index is 0.0849. The quantitative estimate of drug-likeness (QED) is 0.724. The Morgan fingerprint density at radius 2 is 2.14 bits per heavy atom. The van der Waals surface area contributed by atoms with E-state index in [0.29, 0.717) is 0 Å². The van der Waals surface area contributed by atoms with Crippen LogP contribution in [0.1, 0.15) is 24.9 Å². The van der Waals surface area contributed by atoms with Crippen molar-refractivity contribution in [2.24, 2.45) is 0 Å². The molecule has 0 aliphatic rings. The van der Waals surface area contributed by atoms with Gasteiger partial charge in [0.1, 0.15) is 0 Å². The standard InChI is InChI=1S/C12H15NO/c1-3-11(13-12(14)4-2)10-8-6-5-7-9-10/h4-9,11H,2-3H2,1H3,(H,13,14). The Kier molecular flexibility index (Phi) is 3.92. The molecule has 0 radical (unpaired) electrons. The highest BCUT2D eigenvalue weighted by Gasteiger charge is 2.09. The van der Waals surface area contributed by atoms with E-state index in [4.69, 9.17) is 0 Å². The second-order valence-corrected chi connectivity index (χ2v) is 3.08. The van der Waals surface area contributed by atoms with Crippen molar-refractivity contribution in [2.45, 2.75) is 19.4 Å². The average molecular weight is 189 g/mol. The van der Waals surface area contributed by atoms with E-state index in [9.17, 15) is 4.79 Å². The van der Waals surface area contributed by atoms with Crippen LogP contribution in [0.15, 0.2) is 43.0 Å². The molecule has 0 saturated carbocycles. The number of carbonyl (C=O) groups is 1. The maximum absolute atomic E-state index is 11.1. The minimum Gasteiger partial charge on any atom is -0.346 e. The fourth-order valence-electron chi connectivity index (χ4n) is 1.34. The van der Waals surface area contributed by atoms with E-state index in [1.165, 1.54) is 6.08 Å². The lowest BCUT2D eigenvalue weighted by molar-refractivity contribution is -0.117. The lowest BCUT2D eigenvalue weighted by atomic mass is 10.0. The zero-order chi connectivity index (χ0) is 10.4. The Morgan fingerprint density at radius 3 is 2.64 bits per heavy atom. The molecular weight excluding hydrogens is 174 g/mol. The van der Waals surface area contributed by atoms with Crippen molar-refractivity contribution in [2.75, 3.05) is 0 Å². The van der Waals surface area contributed by atoms with Crippen LogP contribution in [0, 0.1) is 0 Å². The van der Waals surface area contributed by atoms with Crippen molar-refractivity contribution in [3.8, 4) is 0 Å². The van der Waals surface area contributed by atoms with E-state index < -0.39 is 0 Å². The summed E-state index contributed by atoms with van der Waals surface area (Å²) >= 11 is 0. The summed E-state index contributed by atoms with van der Waals surface area (Å²) in [5, 5.41) is 2.88. The molecule has 74 valence electrons. The molecule has 14 heavy (non-hydrogen) atoms. The fraction of sp³-hybridized carbons (Fsp3) is 0.250. The first-order valence-corrected chi connectivity index (χ1v) is 4.75. The van der Waals surface area contributed by atoms with Gasteiger partial charge >= 0.3 is 0 Å². The van der Waals surface area contributed by atoms with Crippen LogP contribution in [0.4, 0.5) is 0 Å². The van der Waals surface area contributed by atoms with Gasteiger partial charge in [0.2, 0.25) is 5.91 Å². The summed E-state index contributed by atoms with van der Waals surface area (Å²) in [7, 11) is 0. The minimum atomic E-state index is -0.124. The number of carbonyl (C=O) groups excluding carboxylic acids is 1. The van der Waals surface area contributed by atoms with E-state index in [0.717, 1.165) is 12.0 Å². The summed E-state index contributed by atoms with van der Waals surface area (Å²) in [6.45, 7) is 5.47. The Balaban J connectivity index is 2.72. The monoisotopic (exact) mass is 189 g/mol. The van der Waals surface area contributed by atoms with E-state index in [2.05, 4.69) is 11.9 Å². The van der Waals surface area contributed by atoms with Crippen LogP contribution in [0.2, 0.25) is 0 Å². The molecule has 0 heterocycles. The van der Waals surface area contributed by atoms with Crippen molar-refractivity contribution < 1.29 is 4.79 Å². The molecule has 2 nitrogen and oxygen atoms in total. The molecule has 1 atom stereocenters. The van der Waals surface area contributed by atoms with Crippen LogP contribution >= 0.6 is 0 Å². The maximum Gasteiger partial charge on any atom is 0.243 e. The predicted octanol–water partition coefficient (Wildman–Crippen LogP) is 2.44. The van der Waals surface area contributed by atoms with Gasteiger partial charge in [-0.3, -0.25) is 4.79 Å². The Labute approximate surface area is 84.6 Å². The number of hydrogen-bond acceptors (Lipinski definition) is 1. The summed E-state index contributed by atoms with van der Waals surface area (Å²) in [4.78, 5) is 11.1. The zero-order valence-corrected chi connectivity index (χ0v) is 8.36. The number of nitrogens with one attached hydrogen (secondary N) is 1. The van der Waals surface area contributed by atoms with E-state index >= 15 is 0 Å². The van der Waals surface area contributed by atoms with E-state index in [-0.39, 0.29) is 11.9 Å². The van der Waals surface area contributed by atoms with Gasteiger partial charge in [-0.2, -0.15) is 0 Å². The molecule has 2 heteroatoms. The van der Waals surface area contributed by atoms with Crippen molar-refractivity contribution in [1.82, 2.24) is 5.32 Å². The average Bonchev–Trinajstić information content (AvgIpc) is 2.26. The van der Waals surface area contributed by atoms with Crippen molar-refractivity contribution in [3.63, 3.8) is 0 Å². The first-order valence-electron chi connectivity index (χ1n) is 4.75. The van der Waals surface area contributed by atoms with Gasteiger partial charge < -0.3 is 5.32 Å². The fourth-order valence-corrected chi connectivity index (χ4v) is 1.34. The van der Waals surface area contributed by atoms with Gasteiger partial charge in [0.25, 0.3) is 0 Å². The molecular formula is C12H15NO. The van der Waals surface area contributed by atoms with Gasteiger partial charge in [-0.25, -0.2) is 0 Å². The molecule has 1 N–H and O–H groups in total. The van der Waals surface area contributed by atoms with Crippen LogP contribution < -0.4 is 5.32 Å². The molecule has 0 aliphatic heterocycles. The van der Waals surface area contributed by atoms with Crippen LogP contribution in [0.3, 0.4) is 0 Å². The Morgan fingerprint density at radius 1 is 1.50 bits per heavy atom. The largest absolute Gasteiger partial charge is 0.346 e. The Bertz CT molecular complexity index is 305. The number of hydrogen-bond donors (Lipinski definition) is 1. The SMILES string of the molecule is C=CC(=O)NC(CC)c1ccccc1. The summed E-state index contributed by atoms with van der Waals surface area (Å²) in [5.74, 6) is -0.124. The molecule has 0 spiro atoms. The summed E-state index contributed by atoms with van der Waals surface area (Å²) < 4.78 is 0. The van der Waals surface area contributed by atoms with Gasteiger partial charge in [-0.15, -0.1) is 0 Å². The molecule has 0 bridgehead atoms. The summed E-state index contributed by atoms with van der Waals surface area (Å²) in [5.41, 5.74) is 1.13. The van der Waals surface area contributed by atoms with Gasteiger partial charge in [0.15, 0.2) is 0 Å². The van der Waals surface area contributed by atoms with Gasteiger partial charge in [0, 0.05) is 0 Å². The highest BCUT2D eigenvalue weighted by atomic mass is 16.1. The second-order valence-electron chi connectivity index (χ2n) is 3.08. The third-order valence-electron chi connectivity index (χ3n) is 2.11.